The predicted molar refractivity (Wildman–Crippen MR) is 36.2 cm³/mol. The van der Waals surface area contributed by atoms with Crippen molar-refractivity contribution in [2.45, 2.75) is 19.4 Å². The van der Waals surface area contributed by atoms with E-state index in [2.05, 4.69) is 6.58 Å². The number of hydrogen-bond acceptors (Lipinski definition) is 1. The van der Waals surface area contributed by atoms with Gasteiger partial charge >= 0.3 is 0 Å². The topological polar surface area (TPSA) is 20.2 Å². The Morgan fingerprint density at radius 2 is 2.38 bits per heavy atom. The van der Waals surface area contributed by atoms with Gasteiger partial charge < -0.3 is 5.11 Å². The van der Waals surface area contributed by atoms with Gasteiger partial charge in [-0.2, -0.15) is 0 Å². The SMILES string of the molecule is C=C(C)C[C@@H](O)CCl. The van der Waals surface area contributed by atoms with Gasteiger partial charge in [-0.25, -0.2) is 0 Å². The van der Waals surface area contributed by atoms with E-state index in [1.54, 1.807) is 0 Å². The fourth-order valence-electron chi connectivity index (χ4n) is 0.457. The molecule has 8 heavy (non-hydrogen) atoms. The van der Waals surface area contributed by atoms with Crippen LogP contribution in [0.2, 0.25) is 0 Å². The Kier molecular flexibility index (Phi) is 3.92. The van der Waals surface area contributed by atoms with Crippen LogP contribution in [0.1, 0.15) is 13.3 Å². The highest BCUT2D eigenvalue weighted by Gasteiger charge is 1.99. The summed E-state index contributed by atoms with van der Waals surface area (Å²) in [4.78, 5) is 0. The van der Waals surface area contributed by atoms with Gasteiger partial charge in [0, 0.05) is 5.88 Å². The van der Waals surface area contributed by atoms with Crippen LogP contribution in [-0.2, 0) is 0 Å². The molecule has 1 N–H and O–H groups in total. The van der Waals surface area contributed by atoms with E-state index in [0.717, 1.165) is 5.57 Å². The molecule has 0 radical (unpaired) electrons. The van der Waals surface area contributed by atoms with Crippen LogP contribution in [0.3, 0.4) is 0 Å². The first-order valence-corrected chi connectivity index (χ1v) is 3.08. The molecule has 0 spiro atoms. The standard InChI is InChI=1S/C6H11ClO/c1-5(2)3-6(8)4-7/h6,8H,1,3-4H2,2H3/t6-/m1/s1. The van der Waals surface area contributed by atoms with Gasteiger partial charge in [-0.3, -0.25) is 0 Å². The Hall–Kier alpha value is -0.0100. The quantitative estimate of drug-likeness (QED) is 0.459. The molecule has 0 bridgehead atoms. The zero-order valence-corrected chi connectivity index (χ0v) is 5.78. The molecular weight excluding hydrogens is 124 g/mol. The molecular formula is C6H11ClO. The summed E-state index contributed by atoms with van der Waals surface area (Å²) < 4.78 is 0. The largest absolute Gasteiger partial charge is 0.392 e. The Morgan fingerprint density at radius 3 is 2.50 bits per heavy atom. The summed E-state index contributed by atoms with van der Waals surface area (Å²) in [6.07, 6.45) is 0.206. The number of hydrogen-bond donors (Lipinski definition) is 1. The van der Waals surface area contributed by atoms with Crippen LogP contribution in [0.5, 0.6) is 0 Å². The lowest BCUT2D eigenvalue weighted by Gasteiger charge is -2.03. The van der Waals surface area contributed by atoms with E-state index in [9.17, 15) is 0 Å². The molecule has 48 valence electrons. The van der Waals surface area contributed by atoms with E-state index in [-0.39, 0.29) is 0 Å². The van der Waals surface area contributed by atoms with Gasteiger partial charge in [-0.1, -0.05) is 5.57 Å². The second kappa shape index (κ2) is 3.93. The van der Waals surface area contributed by atoms with Crippen LogP contribution in [0.15, 0.2) is 12.2 Å². The molecule has 0 aliphatic heterocycles. The first-order chi connectivity index (χ1) is 3.66. The first-order valence-electron chi connectivity index (χ1n) is 2.55. The van der Waals surface area contributed by atoms with Gasteiger partial charge in [-0.05, 0) is 13.3 Å². The maximum Gasteiger partial charge on any atom is 0.0712 e. The summed E-state index contributed by atoms with van der Waals surface area (Å²) in [6.45, 7) is 5.50. The van der Waals surface area contributed by atoms with Crippen molar-refractivity contribution in [1.29, 1.82) is 0 Å². The lowest BCUT2D eigenvalue weighted by molar-refractivity contribution is 0.198. The van der Waals surface area contributed by atoms with E-state index in [4.69, 9.17) is 16.7 Å². The Morgan fingerprint density at radius 1 is 1.88 bits per heavy atom. The molecule has 0 heterocycles. The van der Waals surface area contributed by atoms with Crippen LogP contribution in [0.25, 0.3) is 0 Å². The third-order valence-corrected chi connectivity index (χ3v) is 1.12. The van der Waals surface area contributed by atoms with Gasteiger partial charge in [0.15, 0.2) is 0 Å². The van der Waals surface area contributed by atoms with Gasteiger partial charge in [0.25, 0.3) is 0 Å². The number of alkyl halides is 1. The molecule has 0 aromatic heterocycles. The number of aliphatic hydroxyl groups excluding tert-OH is 1. The second-order valence-corrected chi connectivity index (χ2v) is 2.28. The summed E-state index contributed by atoms with van der Waals surface area (Å²) in [5.74, 6) is 0.298. The molecule has 0 saturated carbocycles. The van der Waals surface area contributed by atoms with Crippen LogP contribution >= 0.6 is 11.6 Å². The van der Waals surface area contributed by atoms with Crippen molar-refractivity contribution in [2.24, 2.45) is 0 Å². The maximum absolute atomic E-state index is 8.84. The van der Waals surface area contributed by atoms with Crippen LogP contribution < -0.4 is 0 Å². The van der Waals surface area contributed by atoms with Crippen molar-refractivity contribution < 1.29 is 5.11 Å². The number of halogens is 1. The summed E-state index contributed by atoms with van der Waals surface area (Å²) in [5, 5.41) is 8.84. The Bertz CT molecular complexity index is 80.6. The molecule has 1 atom stereocenters. The smallest absolute Gasteiger partial charge is 0.0712 e. The van der Waals surface area contributed by atoms with Crippen LogP contribution in [-0.4, -0.2) is 17.1 Å². The fraction of sp³-hybridized carbons (Fsp3) is 0.667. The van der Waals surface area contributed by atoms with Crippen LogP contribution in [0.4, 0.5) is 0 Å². The zero-order valence-electron chi connectivity index (χ0n) is 5.02. The van der Waals surface area contributed by atoms with E-state index in [1.807, 2.05) is 6.92 Å². The van der Waals surface area contributed by atoms with Gasteiger partial charge in [0.05, 0.1) is 6.10 Å². The second-order valence-electron chi connectivity index (χ2n) is 1.97. The first kappa shape index (κ1) is 7.99. The molecule has 2 heteroatoms. The molecule has 1 nitrogen and oxygen atoms in total. The Labute approximate surface area is 55.0 Å². The third-order valence-electron chi connectivity index (χ3n) is 0.762. The molecule has 0 aliphatic rings. The summed E-state index contributed by atoms with van der Waals surface area (Å²) >= 11 is 5.30. The van der Waals surface area contributed by atoms with Crippen molar-refractivity contribution in [2.75, 3.05) is 5.88 Å². The van der Waals surface area contributed by atoms with Crippen LogP contribution in [0, 0.1) is 0 Å². The highest BCUT2D eigenvalue weighted by atomic mass is 35.5. The molecule has 0 aromatic carbocycles. The summed E-state index contributed by atoms with van der Waals surface area (Å²) in [6, 6.07) is 0. The van der Waals surface area contributed by atoms with Crippen molar-refractivity contribution in [1.82, 2.24) is 0 Å². The zero-order chi connectivity index (χ0) is 6.57. The minimum absolute atomic E-state index is 0.298. The maximum atomic E-state index is 8.84. The lowest BCUT2D eigenvalue weighted by atomic mass is 10.2. The summed E-state index contributed by atoms with van der Waals surface area (Å²) in [7, 11) is 0. The average Bonchev–Trinajstić information content (AvgIpc) is 1.65. The molecule has 0 amide bonds. The molecule has 0 saturated heterocycles. The number of aliphatic hydroxyl groups is 1. The van der Waals surface area contributed by atoms with Crippen molar-refractivity contribution in [3.63, 3.8) is 0 Å². The lowest BCUT2D eigenvalue weighted by Crippen LogP contribution is -2.07. The van der Waals surface area contributed by atoms with Crippen molar-refractivity contribution >= 4 is 11.6 Å². The predicted octanol–water partition coefficient (Wildman–Crippen LogP) is 1.55. The highest BCUT2D eigenvalue weighted by Crippen LogP contribution is 2.01. The van der Waals surface area contributed by atoms with E-state index >= 15 is 0 Å². The van der Waals surface area contributed by atoms with Crippen molar-refractivity contribution in [3.8, 4) is 0 Å². The van der Waals surface area contributed by atoms with Gasteiger partial charge in [0.1, 0.15) is 0 Å². The van der Waals surface area contributed by atoms with Gasteiger partial charge in [0.2, 0.25) is 0 Å². The summed E-state index contributed by atoms with van der Waals surface area (Å²) in [5.41, 5.74) is 0.971. The minimum Gasteiger partial charge on any atom is -0.392 e. The molecule has 0 fully saturated rings. The molecule has 0 aromatic rings. The van der Waals surface area contributed by atoms with Gasteiger partial charge in [-0.15, -0.1) is 18.2 Å². The van der Waals surface area contributed by atoms with Crippen molar-refractivity contribution in [3.05, 3.63) is 12.2 Å². The fourth-order valence-corrected chi connectivity index (χ4v) is 0.566. The van der Waals surface area contributed by atoms with E-state index in [0.29, 0.717) is 12.3 Å². The Balaban J connectivity index is 3.24. The number of rotatable bonds is 3. The normalized spacial score (nSPS) is 13.4. The van der Waals surface area contributed by atoms with E-state index in [1.165, 1.54) is 0 Å². The third kappa shape index (κ3) is 4.16. The van der Waals surface area contributed by atoms with E-state index < -0.39 is 6.10 Å². The monoisotopic (exact) mass is 134 g/mol. The molecule has 0 aliphatic carbocycles. The highest BCUT2D eigenvalue weighted by molar-refractivity contribution is 6.18. The average molecular weight is 135 g/mol. The molecule has 0 rings (SSSR count). The molecule has 0 unspecified atom stereocenters. The minimum atomic E-state index is -0.408.